The first-order valence-electron chi connectivity index (χ1n) is 8.32. The summed E-state index contributed by atoms with van der Waals surface area (Å²) in [5.74, 6) is -0.227. The van der Waals surface area contributed by atoms with Crippen molar-refractivity contribution in [3.63, 3.8) is 0 Å². The number of carbonyl (C=O) groups is 1. The molecule has 0 fully saturated rings. The quantitative estimate of drug-likeness (QED) is 0.759. The van der Waals surface area contributed by atoms with Crippen molar-refractivity contribution in [2.75, 3.05) is 13.1 Å². The summed E-state index contributed by atoms with van der Waals surface area (Å²) in [6.45, 7) is 1.42. The lowest BCUT2D eigenvalue weighted by atomic mass is 10.0. The molecule has 1 atom stereocenters. The van der Waals surface area contributed by atoms with Crippen LogP contribution in [0.25, 0.3) is 10.8 Å². The van der Waals surface area contributed by atoms with Gasteiger partial charge in [0.2, 0.25) is 0 Å². The minimum absolute atomic E-state index is 0.122. The number of carbonyl (C=O) groups excluding carboxylic acids is 1. The highest BCUT2D eigenvalue weighted by Gasteiger charge is 2.22. The van der Waals surface area contributed by atoms with Gasteiger partial charge in [-0.1, -0.05) is 18.2 Å². The average molecular weight is 353 g/mol. The molecular weight excluding hydrogens is 334 g/mol. The molecule has 3 heterocycles. The summed E-state index contributed by atoms with van der Waals surface area (Å²) >= 11 is 1.77. The Labute approximate surface area is 149 Å². The second-order valence-corrected chi connectivity index (χ2v) is 7.25. The van der Waals surface area contributed by atoms with E-state index in [1.54, 1.807) is 30.5 Å². The van der Waals surface area contributed by atoms with Crippen LogP contribution in [0, 0.1) is 0 Å². The molecule has 0 bridgehead atoms. The predicted octanol–water partition coefficient (Wildman–Crippen LogP) is 2.22. The zero-order valence-corrected chi connectivity index (χ0v) is 14.7. The summed E-state index contributed by atoms with van der Waals surface area (Å²) in [5, 5.41) is 9.93. The summed E-state index contributed by atoms with van der Waals surface area (Å²) in [7, 11) is 1.64. The number of benzene rings is 1. The van der Waals surface area contributed by atoms with Gasteiger partial charge < -0.3 is 15.2 Å². The molecule has 1 unspecified atom stereocenters. The Morgan fingerprint density at radius 1 is 1.36 bits per heavy atom. The lowest BCUT2D eigenvalue weighted by molar-refractivity contribution is 0.0940. The van der Waals surface area contributed by atoms with Crippen LogP contribution in [0.5, 0.6) is 0 Å². The van der Waals surface area contributed by atoms with E-state index in [1.165, 1.54) is 15.0 Å². The monoisotopic (exact) mass is 353 g/mol. The largest absolute Gasteiger partial charge is 0.349 e. The molecule has 3 aromatic rings. The van der Waals surface area contributed by atoms with Crippen LogP contribution in [0.4, 0.5) is 0 Å². The van der Waals surface area contributed by atoms with Gasteiger partial charge in [0.15, 0.2) is 0 Å². The number of amides is 1. The number of hydrogen-bond donors (Lipinski definition) is 2. The van der Waals surface area contributed by atoms with E-state index >= 15 is 0 Å². The van der Waals surface area contributed by atoms with E-state index in [0.29, 0.717) is 17.6 Å². The maximum absolute atomic E-state index is 12.7. The van der Waals surface area contributed by atoms with Crippen LogP contribution in [0.3, 0.4) is 0 Å². The minimum atomic E-state index is -0.227. The molecule has 0 radical (unpaired) electrons. The smallest absolute Gasteiger partial charge is 0.268 e. The Bertz CT molecular complexity index is 1010. The fourth-order valence-electron chi connectivity index (χ4n) is 3.37. The van der Waals surface area contributed by atoms with E-state index in [0.717, 1.165) is 18.4 Å². The van der Waals surface area contributed by atoms with Gasteiger partial charge in [0.1, 0.15) is 5.69 Å². The molecule has 1 aliphatic heterocycles. The highest BCUT2D eigenvalue weighted by molar-refractivity contribution is 7.10. The van der Waals surface area contributed by atoms with Crippen molar-refractivity contribution in [2.45, 2.75) is 12.5 Å². The molecular formula is C19H19N3O2S. The summed E-state index contributed by atoms with van der Waals surface area (Å²) in [6, 6.07) is 11.4. The van der Waals surface area contributed by atoms with Crippen molar-refractivity contribution in [3.8, 4) is 0 Å². The van der Waals surface area contributed by atoms with Gasteiger partial charge in [-0.3, -0.25) is 9.59 Å². The van der Waals surface area contributed by atoms with Gasteiger partial charge in [0, 0.05) is 30.4 Å². The van der Waals surface area contributed by atoms with Crippen LogP contribution in [0.2, 0.25) is 0 Å². The van der Waals surface area contributed by atoms with Crippen molar-refractivity contribution in [1.82, 2.24) is 15.2 Å². The molecule has 4 rings (SSSR count). The summed E-state index contributed by atoms with van der Waals surface area (Å²) in [6.07, 6.45) is 1.04. The van der Waals surface area contributed by atoms with E-state index in [1.807, 2.05) is 18.2 Å². The van der Waals surface area contributed by atoms with Crippen LogP contribution in [-0.2, 0) is 13.5 Å². The van der Waals surface area contributed by atoms with Crippen molar-refractivity contribution < 1.29 is 4.79 Å². The highest BCUT2D eigenvalue weighted by atomic mass is 32.1. The molecule has 5 nitrogen and oxygen atoms in total. The molecule has 0 aliphatic carbocycles. The normalized spacial score (nSPS) is 16.6. The first-order chi connectivity index (χ1) is 12.1. The number of pyridine rings is 1. The molecule has 0 saturated heterocycles. The number of rotatable bonds is 3. The number of nitrogens with zero attached hydrogens (tertiary/aromatic N) is 1. The third kappa shape index (κ3) is 2.88. The van der Waals surface area contributed by atoms with Gasteiger partial charge in [0.25, 0.3) is 11.5 Å². The highest BCUT2D eigenvalue weighted by Crippen LogP contribution is 2.27. The molecule has 1 amide bonds. The van der Waals surface area contributed by atoms with Crippen LogP contribution < -0.4 is 16.2 Å². The van der Waals surface area contributed by atoms with Crippen LogP contribution >= 0.6 is 11.3 Å². The van der Waals surface area contributed by atoms with Crippen LogP contribution in [0.15, 0.2) is 46.6 Å². The average Bonchev–Trinajstić information content (AvgIpc) is 3.12. The Balaban J connectivity index is 1.57. The van der Waals surface area contributed by atoms with Crippen molar-refractivity contribution >= 4 is 28.0 Å². The Hall–Kier alpha value is -2.44. The Morgan fingerprint density at radius 2 is 2.20 bits per heavy atom. The number of aromatic nitrogens is 1. The molecule has 128 valence electrons. The van der Waals surface area contributed by atoms with E-state index < -0.39 is 0 Å². The molecule has 25 heavy (non-hydrogen) atoms. The van der Waals surface area contributed by atoms with Crippen molar-refractivity contribution in [1.29, 1.82) is 0 Å². The number of nitrogens with one attached hydrogen (secondary N) is 2. The molecule has 1 aromatic carbocycles. The predicted molar refractivity (Wildman–Crippen MR) is 100 cm³/mol. The Morgan fingerprint density at radius 3 is 3.08 bits per heavy atom. The van der Waals surface area contributed by atoms with Gasteiger partial charge in [0.05, 0.1) is 6.04 Å². The van der Waals surface area contributed by atoms with E-state index in [4.69, 9.17) is 0 Å². The van der Waals surface area contributed by atoms with E-state index in [-0.39, 0.29) is 17.5 Å². The van der Waals surface area contributed by atoms with Gasteiger partial charge >= 0.3 is 0 Å². The van der Waals surface area contributed by atoms with E-state index in [9.17, 15) is 9.59 Å². The first-order valence-corrected chi connectivity index (χ1v) is 9.20. The lowest BCUT2D eigenvalue weighted by Crippen LogP contribution is -2.39. The molecule has 0 saturated carbocycles. The van der Waals surface area contributed by atoms with E-state index in [2.05, 4.69) is 22.1 Å². The lowest BCUT2D eigenvalue weighted by Gasteiger charge is -2.24. The molecule has 2 N–H and O–H groups in total. The summed E-state index contributed by atoms with van der Waals surface area (Å²) in [5.41, 5.74) is 1.49. The zero-order valence-electron chi connectivity index (χ0n) is 13.9. The van der Waals surface area contributed by atoms with Crippen LogP contribution in [-0.4, -0.2) is 23.6 Å². The second-order valence-electron chi connectivity index (χ2n) is 6.25. The fourth-order valence-corrected chi connectivity index (χ4v) is 4.32. The molecule has 0 spiro atoms. The first kappa shape index (κ1) is 16.1. The molecule has 6 heteroatoms. The van der Waals surface area contributed by atoms with Gasteiger partial charge in [-0.2, -0.15) is 0 Å². The molecule has 1 aliphatic rings. The second kappa shape index (κ2) is 6.46. The van der Waals surface area contributed by atoms with Gasteiger partial charge in [-0.25, -0.2) is 0 Å². The summed E-state index contributed by atoms with van der Waals surface area (Å²) < 4.78 is 1.42. The standard InChI is InChI=1S/C19H19N3O2S/c1-22-16(10-12-4-2-3-5-13(12)19(22)24)18(23)21-11-15-14-7-9-25-17(14)6-8-20-15/h2-5,7,9-10,15,20H,6,8,11H2,1H3,(H,21,23). The van der Waals surface area contributed by atoms with Crippen molar-refractivity contribution in [2.24, 2.45) is 7.05 Å². The maximum Gasteiger partial charge on any atom is 0.268 e. The molecule has 2 aromatic heterocycles. The number of fused-ring (bicyclic) bond motifs is 2. The maximum atomic E-state index is 12.7. The minimum Gasteiger partial charge on any atom is -0.349 e. The van der Waals surface area contributed by atoms with Gasteiger partial charge in [-0.05, 0) is 40.9 Å². The number of hydrogen-bond acceptors (Lipinski definition) is 4. The third-order valence-electron chi connectivity index (χ3n) is 4.75. The summed E-state index contributed by atoms with van der Waals surface area (Å²) in [4.78, 5) is 26.5. The third-order valence-corrected chi connectivity index (χ3v) is 5.74. The zero-order chi connectivity index (χ0) is 17.4. The Kier molecular flexibility index (Phi) is 4.15. The topological polar surface area (TPSA) is 63.1 Å². The number of thiophene rings is 1. The SMILES string of the molecule is Cn1c(C(=O)NCC2NCCc3sccc32)cc2ccccc2c1=O. The fraction of sp³-hybridized carbons (Fsp3) is 0.263. The van der Waals surface area contributed by atoms with Crippen LogP contribution in [0.1, 0.15) is 27.0 Å². The van der Waals surface area contributed by atoms with Gasteiger partial charge in [-0.15, -0.1) is 11.3 Å². The van der Waals surface area contributed by atoms with Crippen molar-refractivity contribution in [3.05, 3.63) is 68.3 Å².